The van der Waals surface area contributed by atoms with Crippen molar-refractivity contribution < 1.29 is 13.2 Å². The largest absolute Gasteiger partial charge is 0.381 e. The van der Waals surface area contributed by atoms with Crippen LogP contribution in [0.4, 0.5) is 5.69 Å². The second-order valence-corrected chi connectivity index (χ2v) is 8.17. The van der Waals surface area contributed by atoms with Gasteiger partial charge in [0.2, 0.25) is 0 Å². The van der Waals surface area contributed by atoms with E-state index in [1.807, 2.05) is 31.2 Å². The maximum atomic E-state index is 12.1. The van der Waals surface area contributed by atoms with E-state index in [0.29, 0.717) is 26.1 Å². The van der Waals surface area contributed by atoms with E-state index in [2.05, 4.69) is 10.3 Å². The molecule has 1 fully saturated rings. The van der Waals surface area contributed by atoms with Crippen molar-refractivity contribution >= 4 is 21.5 Å². The number of sulfone groups is 1. The minimum Gasteiger partial charge on any atom is -0.381 e. The molecule has 0 aliphatic carbocycles. The fourth-order valence-electron chi connectivity index (χ4n) is 2.44. The number of ether oxygens (including phenoxy) is 1. The molecule has 0 atom stereocenters. The molecule has 0 unspecified atom stereocenters. The van der Waals surface area contributed by atoms with Crippen molar-refractivity contribution in [3.05, 3.63) is 29.8 Å². The van der Waals surface area contributed by atoms with Crippen LogP contribution in [-0.4, -0.2) is 45.1 Å². The van der Waals surface area contributed by atoms with Gasteiger partial charge in [-0.15, -0.1) is 0 Å². The Hall–Kier alpha value is -1.60. The number of nitrogens with two attached hydrogens (primary N) is 1. The summed E-state index contributed by atoms with van der Waals surface area (Å²) in [5.41, 5.74) is 7.85. The lowest BCUT2D eigenvalue weighted by atomic mass is 9.99. The Kier molecular flexibility index (Phi) is 5.08. The molecule has 6 nitrogen and oxygen atoms in total. The quantitative estimate of drug-likeness (QED) is 0.643. The van der Waals surface area contributed by atoms with E-state index in [9.17, 15) is 8.42 Å². The Balaban J connectivity index is 2.08. The van der Waals surface area contributed by atoms with Gasteiger partial charge in [-0.1, -0.05) is 17.7 Å². The molecule has 0 spiro atoms. The topological polar surface area (TPSA) is 93.8 Å². The molecule has 1 aliphatic rings. The smallest absolute Gasteiger partial charge is 0.193 e. The third-order valence-electron chi connectivity index (χ3n) is 4.05. The predicted molar refractivity (Wildman–Crippen MR) is 88.9 cm³/mol. The van der Waals surface area contributed by atoms with Gasteiger partial charge in [0, 0.05) is 25.2 Å². The van der Waals surface area contributed by atoms with E-state index in [4.69, 9.17) is 10.5 Å². The number of aliphatic imine (C=N–C) groups is 1. The summed E-state index contributed by atoms with van der Waals surface area (Å²) in [5, 5.41) is 2.98. The van der Waals surface area contributed by atoms with E-state index < -0.39 is 14.6 Å². The first kappa shape index (κ1) is 16.8. The van der Waals surface area contributed by atoms with Crippen molar-refractivity contribution in [1.82, 2.24) is 0 Å². The molecule has 0 saturated carbocycles. The minimum atomic E-state index is -3.23. The van der Waals surface area contributed by atoms with Crippen LogP contribution in [-0.2, 0) is 14.6 Å². The highest BCUT2D eigenvalue weighted by atomic mass is 32.2. The zero-order valence-electron chi connectivity index (χ0n) is 13.0. The van der Waals surface area contributed by atoms with Crippen LogP contribution in [0.1, 0.15) is 18.4 Å². The molecule has 7 heteroatoms. The van der Waals surface area contributed by atoms with Gasteiger partial charge >= 0.3 is 0 Å². The second-order valence-electron chi connectivity index (χ2n) is 5.76. The van der Waals surface area contributed by atoms with Crippen molar-refractivity contribution in [3.8, 4) is 0 Å². The number of guanidine groups is 1. The maximum Gasteiger partial charge on any atom is 0.193 e. The Morgan fingerprint density at radius 3 is 2.45 bits per heavy atom. The van der Waals surface area contributed by atoms with Crippen LogP contribution in [0.25, 0.3) is 0 Å². The minimum absolute atomic E-state index is 0.153. The van der Waals surface area contributed by atoms with Crippen LogP contribution in [0.5, 0.6) is 0 Å². The van der Waals surface area contributed by atoms with Crippen LogP contribution < -0.4 is 11.1 Å². The summed E-state index contributed by atoms with van der Waals surface area (Å²) in [7, 11) is -3.23. The SMILES string of the molecule is Cc1ccc(NC(N)=NCC2(S(C)(=O)=O)CCOCC2)cc1. The molecule has 1 heterocycles. The predicted octanol–water partition coefficient (Wildman–Crippen LogP) is 1.32. The van der Waals surface area contributed by atoms with Crippen LogP contribution in [0.2, 0.25) is 0 Å². The van der Waals surface area contributed by atoms with Crippen LogP contribution in [0.3, 0.4) is 0 Å². The van der Waals surface area contributed by atoms with Gasteiger partial charge < -0.3 is 15.8 Å². The number of rotatable bonds is 4. The highest BCUT2D eigenvalue weighted by Gasteiger charge is 2.42. The second kappa shape index (κ2) is 6.66. The van der Waals surface area contributed by atoms with Gasteiger partial charge in [-0.2, -0.15) is 0 Å². The average molecular weight is 325 g/mol. The molecule has 2 rings (SSSR count). The van der Waals surface area contributed by atoms with Crippen LogP contribution in [0, 0.1) is 6.92 Å². The molecule has 0 bridgehead atoms. The number of anilines is 1. The zero-order chi connectivity index (χ0) is 16.2. The maximum absolute atomic E-state index is 12.1. The Morgan fingerprint density at radius 1 is 1.32 bits per heavy atom. The monoisotopic (exact) mass is 325 g/mol. The summed E-state index contributed by atoms with van der Waals surface area (Å²) in [5.74, 6) is 0.221. The average Bonchev–Trinajstić information content (AvgIpc) is 2.47. The Morgan fingerprint density at radius 2 is 1.91 bits per heavy atom. The van der Waals surface area contributed by atoms with Gasteiger partial charge in [0.15, 0.2) is 15.8 Å². The molecule has 1 aromatic rings. The summed E-state index contributed by atoms with van der Waals surface area (Å²) in [6, 6.07) is 7.73. The highest BCUT2D eigenvalue weighted by Crippen LogP contribution is 2.29. The van der Waals surface area contributed by atoms with Crippen molar-refractivity contribution in [1.29, 1.82) is 0 Å². The highest BCUT2D eigenvalue weighted by molar-refractivity contribution is 7.92. The van der Waals surface area contributed by atoms with Crippen molar-refractivity contribution in [2.24, 2.45) is 10.7 Å². The number of benzene rings is 1. The summed E-state index contributed by atoms with van der Waals surface area (Å²) in [6.07, 6.45) is 2.16. The van der Waals surface area contributed by atoms with E-state index in [0.717, 1.165) is 11.3 Å². The lowest BCUT2D eigenvalue weighted by Gasteiger charge is -2.34. The van der Waals surface area contributed by atoms with Gasteiger partial charge in [0.05, 0.1) is 11.3 Å². The summed E-state index contributed by atoms with van der Waals surface area (Å²) < 4.78 is 28.7. The normalized spacial score (nSPS) is 18.9. The van der Waals surface area contributed by atoms with Crippen molar-refractivity contribution in [2.75, 3.05) is 31.3 Å². The fraction of sp³-hybridized carbons (Fsp3) is 0.533. The standard InChI is InChI=1S/C15H23N3O3S/c1-12-3-5-13(6-4-12)18-14(16)17-11-15(22(2,19)20)7-9-21-10-8-15/h3-6H,7-11H2,1-2H3,(H3,16,17,18). The number of nitrogens with zero attached hydrogens (tertiary/aromatic N) is 1. The van der Waals surface area contributed by atoms with Crippen molar-refractivity contribution in [2.45, 2.75) is 24.5 Å². The molecule has 1 aliphatic heterocycles. The van der Waals surface area contributed by atoms with Crippen LogP contribution in [0.15, 0.2) is 29.3 Å². The molecule has 0 aromatic heterocycles. The van der Waals surface area contributed by atoms with E-state index in [1.54, 1.807) is 0 Å². The number of hydrogen-bond donors (Lipinski definition) is 2. The van der Waals surface area contributed by atoms with Gasteiger partial charge in [-0.3, -0.25) is 4.99 Å². The summed E-state index contributed by atoms with van der Waals surface area (Å²) in [4.78, 5) is 4.25. The molecule has 3 N–H and O–H groups in total. The third kappa shape index (κ3) is 3.98. The summed E-state index contributed by atoms with van der Waals surface area (Å²) >= 11 is 0. The first-order valence-corrected chi connectivity index (χ1v) is 9.13. The van der Waals surface area contributed by atoms with Gasteiger partial charge in [-0.05, 0) is 31.9 Å². The first-order chi connectivity index (χ1) is 10.3. The van der Waals surface area contributed by atoms with E-state index >= 15 is 0 Å². The summed E-state index contributed by atoms with van der Waals surface area (Å²) in [6.45, 7) is 3.03. The lowest BCUT2D eigenvalue weighted by Crippen LogP contribution is -2.46. The first-order valence-electron chi connectivity index (χ1n) is 7.23. The third-order valence-corrected chi connectivity index (χ3v) is 6.16. The van der Waals surface area contributed by atoms with E-state index in [1.165, 1.54) is 6.26 Å². The van der Waals surface area contributed by atoms with E-state index in [-0.39, 0.29) is 12.5 Å². The Bertz CT molecular complexity index is 633. The molecule has 122 valence electrons. The molecular weight excluding hydrogens is 302 g/mol. The number of hydrogen-bond acceptors (Lipinski definition) is 4. The Labute approximate surface area is 131 Å². The molecular formula is C15H23N3O3S. The number of nitrogens with one attached hydrogen (secondary N) is 1. The molecule has 0 radical (unpaired) electrons. The van der Waals surface area contributed by atoms with Gasteiger partial charge in [0.25, 0.3) is 0 Å². The zero-order valence-corrected chi connectivity index (χ0v) is 13.8. The van der Waals surface area contributed by atoms with Crippen molar-refractivity contribution in [3.63, 3.8) is 0 Å². The molecule has 1 aromatic carbocycles. The van der Waals surface area contributed by atoms with Gasteiger partial charge in [-0.25, -0.2) is 8.42 Å². The van der Waals surface area contributed by atoms with Crippen LogP contribution >= 0.6 is 0 Å². The van der Waals surface area contributed by atoms with Gasteiger partial charge in [0.1, 0.15) is 0 Å². The fourth-order valence-corrected chi connectivity index (χ4v) is 3.65. The molecule has 1 saturated heterocycles. The molecule has 0 amide bonds. The lowest BCUT2D eigenvalue weighted by molar-refractivity contribution is 0.0768. The number of aryl methyl sites for hydroxylation is 1. The molecule has 22 heavy (non-hydrogen) atoms.